The molecule has 0 saturated carbocycles. The quantitative estimate of drug-likeness (QED) is 0.610. The van der Waals surface area contributed by atoms with Crippen molar-refractivity contribution in [1.29, 1.82) is 0 Å². The average molecular weight is 326 g/mol. The van der Waals surface area contributed by atoms with E-state index in [-0.39, 0.29) is 17.9 Å². The van der Waals surface area contributed by atoms with Gasteiger partial charge in [0.15, 0.2) is 0 Å². The van der Waals surface area contributed by atoms with Crippen LogP contribution in [0.4, 0.5) is 0 Å². The molecule has 2 unspecified atom stereocenters. The van der Waals surface area contributed by atoms with E-state index in [1.807, 2.05) is 4.90 Å². The molecule has 3 rings (SSSR count). The van der Waals surface area contributed by atoms with E-state index in [4.69, 9.17) is 9.47 Å². The molecule has 3 aliphatic heterocycles. The molecule has 3 saturated heterocycles. The van der Waals surface area contributed by atoms with Crippen molar-refractivity contribution >= 4 is 11.8 Å². The van der Waals surface area contributed by atoms with E-state index in [0.717, 1.165) is 39.4 Å². The zero-order chi connectivity index (χ0) is 16.1. The number of nitrogens with one attached hydrogen (secondary N) is 2. The van der Waals surface area contributed by atoms with Crippen LogP contribution in [0.15, 0.2) is 0 Å². The van der Waals surface area contributed by atoms with Crippen LogP contribution in [-0.4, -0.2) is 99.4 Å². The summed E-state index contributed by atoms with van der Waals surface area (Å²) in [6.45, 7) is 7.42. The fourth-order valence-electron chi connectivity index (χ4n) is 3.20. The molecule has 0 spiro atoms. The predicted molar refractivity (Wildman–Crippen MR) is 83.0 cm³/mol. The molecule has 0 bridgehead atoms. The second kappa shape index (κ2) is 8.05. The van der Waals surface area contributed by atoms with Gasteiger partial charge in [-0.05, 0) is 0 Å². The lowest BCUT2D eigenvalue weighted by Crippen LogP contribution is -2.50. The number of amides is 2. The maximum atomic E-state index is 12.1. The van der Waals surface area contributed by atoms with Gasteiger partial charge in [0.2, 0.25) is 5.91 Å². The van der Waals surface area contributed by atoms with Crippen LogP contribution in [-0.2, 0) is 19.1 Å². The fourth-order valence-corrected chi connectivity index (χ4v) is 3.20. The van der Waals surface area contributed by atoms with Crippen molar-refractivity contribution in [3.63, 3.8) is 0 Å². The highest BCUT2D eigenvalue weighted by atomic mass is 16.5. The maximum absolute atomic E-state index is 12.1. The van der Waals surface area contributed by atoms with Crippen LogP contribution >= 0.6 is 0 Å². The lowest BCUT2D eigenvalue weighted by Gasteiger charge is -2.28. The Hall–Kier alpha value is -1.22. The van der Waals surface area contributed by atoms with Crippen LogP contribution < -0.4 is 10.6 Å². The second-order valence-electron chi connectivity index (χ2n) is 6.27. The molecule has 0 radical (unpaired) electrons. The van der Waals surface area contributed by atoms with Gasteiger partial charge in [0.25, 0.3) is 5.91 Å². The molecular weight excluding hydrogens is 300 g/mol. The first-order valence-corrected chi connectivity index (χ1v) is 8.43. The van der Waals surface area contributed by atoms with Crippen molar-refractivity contribution in [1.82, 2.24) is 20.4 Å². The van der Waals surface area contributed by atoms with E-state index in [9.17, 15) is 9.59 Å². The normalized spacial score (nSPS) is 29.7. The SMILES string of the molecule is O=C(NC1CC(=O)N(CCN2CCOCC2)C1)C1CNCCO1. The van der Waals surface area contributed by atoms with Crippen molar-refractivity contribution in [3.8, 4) is 0 Å². The second-order valence-corrected chi connectivity index (χ2v) is 6.27. The minimum atomic E-state index is -0.443. The van der Waals surface area contributed by atoms with Gasteiger partial charge >= 0.3 is 0 Å². The molecule has 8 heteroatoms. The lowest BCUT2D eigenvalue weighted by atomic mass is 10.2. The van der Waals surface area contributed by atoms with Crippen molar-refractivity contribution in [2.24, 2.45) is 0 Å². The molecule has 0 aliphatic carbocycles. The molecule has 3 fully saturated rings. The highest BCUT2D eigenvalue weighted by Gasteiger charge is 2.32. The Kier molecular flexibility index (Phi) is 5.82. The van der Waals surface area contributed by atoms with Gasteiger partial charge in [-0.15, -0.1) is 0 Å². The van der Waals surface area contributed by atoms with Crippen molar-refractivity contribution in [2.45, 2.75) is 18.6 Å². The number of hydrogen-bond acceptors (Lipinski definition) is 6. The van der Waals surface area contributed by atoms with E-state index in [0.29, 0.717) is 32.7 Å². The van der Waals surface area contributed by atoms with Crippen LogP contribution in [0.5, 0.6) is 0 Å². The molecule has 2 atom stereocenters. The minimum absolute atomic E-state index is 0.106. The van der Waals surface area contributed by atoms with Gasteiger partial charge in [-0.3, -0.25) is 14.5 Å². The summed E-state index contributed by atoms with van der Waals surface area (Å²) in [6.07, 6.45) is -0.0594. The van der Waals surface area contributed by atoms with Crippen LogP contribution in [0, 0.1) is 0 Å². The number of carbonyl (C=O) groups excluding carboxylic acids is 2. The largest absolute Gasteiger partial charge is 0.379 e. The van der Waals surface area contributed by atoms with Gasteiger partial charge < -0.3 is 25.0 Å². The lowest BCUT2D eigenvalue weighted by molar-refractivity contribution is -0.134. The summed E-state index contributed by atoms with van der Waals surface area (Å²) in [5, 5.41) is 6.08. The average Bonchev–Trinajstić information content (AvgIpc) is 2.94. The van der Waals surface area contributed by atoms with Gasteiger partial charge in [-0.2, -0.15) is 0 Å². The monoisotopic (exact) mass is 326 g/mol. The topological polar surface area (TPSA) is 83.1 Å². The third-order valence-electron chi connectivity index (χ3n) is 4.57. The molecule has 8 nitrogen and oxygen atoms in total. The van der Waals surface area contributed by atoms with Crippen LogP contribution in [0.3, 0.4) is 0 Å². The number of morpholine rings is 2. The Morgan fingerprint density at radius 1 is 1.26 bits per heavy atom. The number of hydrogen-bond donors (Lipinski definition) is 2. The van der Waals surface area contributed by atoms with Crippen molar-refractivity contribution in [3.05, 3.63) is 0 Å². The molecule has 0 aromatic heterocycles. The van der Waals surface area contributed by atoms with Gasteiger partial charge in [0.05, 0.1) is 25.9 Å². The van der Waals surface area contributed by atoms with Crippen LogP contribution in [0.2, 0.25) is 0 Å². The first kappa shape index (κ1) is 16.6. The van der Waals surface area contributed by atoms with Gasteiger partial charge in [0, 0.05) is 52.2 Å². The fraction of sp³-hybridized carbons (Fsp3) is 0.867. The predicted octanol–water partition coefficient (Wildman–Crippen LogP) is -1.98. The Labute approximate surface area is 136 Å². The van der Waals surface area contributed by atoms with Gasteiger partial charge in [-0.1, -0.05) is 0 Å². The Bertz CT molecular complexity index is 422. The van der Waals surface area contributed by atoms with Crippen LogP contribution in [0.1, 0.15) is 6.42 Å². The molecule has 2 amide bonds. The number of likely N-dealkylation sites (tertiary alicyclic amines) is 1. The molecule has 2 N–H and O–H groups in total. The molecule has 3 aliphatic rings. The number of nitrogens with zero attached hydrogens (tertiary/aromatic N) is 2. The third-order valence-corrected chi connectivity index (χ3v) is 4.57. The first-order valence-electron chi connectivity index (χ1n) is 8.43. The Morgan fingerprint density at radius 3 is 2.83 bits per heavy atom. The summed E-state index contributed by atoms with van der Waals surface area (Å²) in [7, 11) is 0. The maximum Gasteiger partial charge on any atom is 0.250 e. The van der Waals surface area contributed by atoms with E-state index >= 15 is 0 Å². The van der Waals surface area contributed by atoms with Gasteiger partial charge in [0.1, 0.15) is 6.10 Å². The highest BCUT2D eigenvalue weighted by Crippen LogP contribution is 2.12. The van der Waals surface area contributed by atoms with E-state index < -0.39 is 6.10 Å². The summed E-state index contributed by atoms with van der Waals surface area (Å²) in [6, 6.07) is -0.106. The summed E-state index contributed by atoms with van der Waals surface area (Å²) in [5.41, 5.74) is 0. The van der Waals surface area contributed by atoms with Gasteiger partial charge in [-0.25, -0.2) is 0 Å². The first-order chi connectivity index (χ1) is 11.2. The highest BCUT2D eigenvalue weighted by molar-refractivity contribution is 5.84. The minimum Gasteiger partial charge on any atom is -0.379 e. The molecule has 0 aromatic rings. The van der Waals surface area contributed by atoms with Crippen molar-refractivity contribution in [2.75, 3.05) is 65.6 Å². The van der Waals surface area contributed by atoms with E-state index in [1.54, 1.807) is 0 Å². The summed E-state index contributed by atoms with van der Waals surface area (Å²) >= 11 is 0. The molecule has 130 valence electrons. The molecule has 0 aromatic carbocycles. The summed E-state index contributed by atoms with van der Waals surface area (Å²) < 4.78 is 10.8. The summed E-state index contributed by atoms with van der Waals surface area (Å²) in [5.74, 6) is -0.00345. The Morgan fingerprint density at radius 2 is 2.09 bits per heavy atom. The molecule has 3 heterocycles. The Balaban J connectivity index is 1.40. The van der Waals surface area contributed by atoms with E-state index in [2.05, 4.69) is 15.5 Å². The third kappa shape index (κ3) is 4.63. The number of carbonyl (C=O) groups is 2. The smallest absolute Gasteiger partial charge is 0.250 e. The zero-order valence-electron chi connectivity index (χ0n) is 13.5. The van der Waals surface area contributed by atoms with Crippen LogP contribution in [0.25, 0.3) is 0 Å². The van der Waals surface area contributed by atoms with Crippen molar-refractivity contribution < 1.29 is 19.1 Å². The number of ether oxygens (including phenoxy) is 2. The van der Waals surface area contributed by atoms with E-state index in [1.165, 1.54) is 0 Å². The number of rotatable bonds is 5. The standard InChI is InChI=1S/C15H26N4O4/c20-14-9-12(17-15(21)13-10-16-1-6-23-13)11-19(14)3-2-18-4-7-22-8-5-18/h12-13,16H,1-11H2,(H,17,21). The summed E-state index contributed by atoms with van der Waals surface area (Å²) in [4.78, 5) is 28.4. The molecular formula is C15H26N4O4. The molecule has 23 heavy (non-hydrogen) atoms. The zero-order valence-corrected chi connectivity index (χ0v) is 13.5.